The second-order valence-corrected chi connectivity index (χ2v) is 6.82. The first-order chi connectivity index (χ1) is 8.37. The number of benzene rings is 1. The summed E-state index contributed by atoms with van der Waals surface area (Å²) in [5.74, 6) is -2.08. The molecule has 0 spiro atoms. The van der Waals surface area contributed by atoms with E-state index in [2.05, 4.69) is 0 Å². The highest BCUT2D eigenvalue weighted by Gasteiger charge is 2.24. The molecule has 0 bridgehead atoms. The molecule has 0 aliphatic rings. The third-order valence-corrected chi connectivity index (χ3v) is 4.82. The molecule has 0 aromatic heterocycles. The van der Waals surface area contributed by atoms with E-state index >= 15 is 0 Å². The van der Waals surface area contributed by atoms with Crippen LogP contribution < -0.4 is 0 Å². The van der Waals surface area contributed by atoms with Crippen molar-refractivity contribution in [2.75, 3.05) is 11.5 Å². The molecule has 0 fully saturated rings. The Bertz CT molecular complexity index is 525. The Morgan fingerprint density at radius 1 is 1.39 bits per heavy atom. The molecule has 100 valence electrons. The fourth-order valence-electron chi connectivity index (χ4n) is 1.61. The number of sulfone groups is 1. The van der Waals surface area contributed by atoms with Crippen LogP contribution >= 0.6 is 11.6 Å². The van der Waals surface area contributed by atoms with Gasteiger partial charge in [-0.25, -0.2) is 8.42 Å². The quantitative estimate of drug-likeness (QED) is 0.873. The minimum absolute atomic E-state index is 0.0157. The summed E-state index contributed by atoms with van der Waals surface area (Å²) >= 11 is 5.93. The van der Waals surface area contributed by atoms with Crippen LogP contribution in [0.3, 0.4) is 0 Å². The zero-order valence-corrected chi connectivity index (χ0v) is 11.5. The summed E-state index contributed by atoms with van der Waals surface area (Å²) in [6, 6.07) is 6.60. The molecular weight excluding hydrogens is 276 g/mol. The van der Waals surface area contributed by atoms with Crippen molar-refractivity contribution in [1.29, 1.82) is 0 Å². The highest BCUT2D eigenvalue weighted by Crippen LogP contribution is 2.27. The summed E-state index contributed by atoms with van der Waals surface area (Å²) in [5, 5.41) is 9.51. The summed E-state index contributed by atoms with van der Waals surface area (Å²) in [7, 11) is -3.18. The molecule has 0 heterocycles. The summed E-state index contributed by atoms with van der Waals surface area (Å²) in [4.78, 5) is 11.2. The number of carboxylic acid groups (broad SMARTS) is 1. The standard InChI is InChI=1S/C12H15ClO4S/c1-2-18(16,17)8-7-10(12(14)15)9-5-3-4-6-11(9)13/h3-6,10H,2,7-8H2,1H3,(H,14,15). The maximum Gasteiger partial charge on any atom is 0.311 e. The maximum atomic E-state index is 11.4. The van der Waals surface area contributed by atoms with Crippen molar-refractivity contribution < 1.29 is 18.3 Å². The number of halogens is 1. The fraction of sp³-hybridized carbons (Fsp3) is 0.417. The molecule has 0 saturated heterocycles. The molecular formula is C12H15ClO4S. The van der Waals surface area contributed by atoms with Gasteiger partial charge in [0.1, 0.15) is 9.84 Å². The molecule has 0 radical (unpaired) electrons. The lowest BCUT2D eigenvalue weighted by molar-refractivity contribution is -0.138. The van der Waals surface area contributed by atoms with Gasteiger partial charge in [0.25, 0.3) is 0 Å². The van der Waals surface area contributed by atoms with E-state index in [0.717, 1.165) is 0 Å². The molecule has 1 unspecified atom stereocenters. The SMILES string of the molecule is CCS(=O)(=O)CCC(C(=O)O)c1ccccc1Cl. The van der Waals surface area contributed by atoms with E-state index in [1.54, 1.807) is 31.2 Å². The molecule has 1 aromatic rings. The van der Waals surface area contributed by atoms with Crippen molar-refractivity contribution in [3.63, 3.8) is 0 Å². The predicted molar refractivity (Wildman–Crippen MR) is 70.8 cm³/mol. The van der Waals surface area contributed by atoms with Crippen LogP contribution in [0.1, 0.15) is 24.8 Å². The third kappa shape index (κ3) is 3.99. The Kier molecular flexibility index (Phi) is 5.16. The Labute approximate surface area is 112 Å². The van der Waals surface area contributed by atoms with Gasteiger partial charge in [-0.05, 0) is 18.1 Å². The second-order valence-electron chi connectivity index (χ2n) is 3.94. The molecule has 4 nitrogen and oxygen atoms in total. The number of rotatable bonds is 6. The average Bonchev–Trinajstić information content (AvgIpc) is 2.31. The van der Waals surface area contributed by atoms with Crippen LogP contribution in [0, 0.1) is 0 Å². The second kappa shape index (κ2) is 6.20. The first-order valence-electron chi connectivity index (χ1n) is 5.55. The number of carbonyl (C=O) groups is 1. The van der Waals surface area contributed by atoms with E-state index in [9.17, 15) is 13.2 Å². The lowest BCUT2D eigenvalue weighted by atomic mass is 9.97. The van der Waals surface area contributed by atoms with Crippen LogP contribution in [0.2, 0.25) is 5.02 Å². The predicted octanol–water partition coefficient (Wildman–Crippen LogP) is 2.33. The van der Waals surface area contributed by atoms with Gasteiger partial charge in [0.15, 0.2) is 0 Å². The van der Waals surface area contributed by atoms with Crippen molar-refractivity contribution >= 4 is 27.4 Å². The van der Waals surface area contributed by atoms with E-state index in [1.165, 1.54) is 0 Å². The molecule has 0 aliphatic carbocycles. The van der Waals surface area contributed by atoms with E-state index < -0.39 is 21.7 Å². The zero-order valence-electron chi connectivity index (χ0n) is 9.97. The Morgan fingerprint density at radius 3 is 2.50 bits per heavy atom. The highest BCUT2D eigenvalue weighted by molar-refractivity contribution is 7.91. The van der Waals surface area contributed by atoms with Crippen molar-refractivity contribution in [2.24, 2.45) is 0 Å². The van der Waals surface area contributed by atoms with Gasteiger partial charge in [-0.15, -0.1) is 0 Å². The lowest BCUT2D eigenvalue weighted by Gasteiger charge is -2.14. The smallest absolute Gasteiger partial charge is 0.311 e. The van der Waals surface area contributed by atoms with Gasteiger partial charge < -0.3 is 5.11 Å². The van der Waals surface area contributed by atoms with Gasteiger partial charge in [-0.1, -0.05) is 36.7 Å². The minimum Gasteiger partial charge on any atom is -0.481 e. The average molecular weight is 291 g/mol. The zero-order chi connectivity index (χ0) is 13.8. The number of carboxylic acids is 1. The van der Waals surface area contributed by atoms with Gasteiger partial charge >= 0.3 is 5.97 Å². The van der Waals surface area contributed by atoms with Crippen LogP contribution in [0.15, 0.2) is 24.3 Å². The topological polar surface area (TPSA) is 71.4 Å². The summed E-state index contributed by atoms with van der Waals surface area (Å²) in [6.45, 7) is 1.54. The maximum absolute atomic E-state index is 11.4. The van der Waals surface area contributed by atoms with Crippen molar-refractivity contribution in [3.8, 4) is 0 Å². The largest absolute Gasteiger partial charge is 0.481 e. The molecule has 1 aromatic carbocycles. The van der Waals surface area contributed by atoms with Crippen LogP contribution in [-0.4, -0.2) is 31.0 Å². The van der Waals surface area contributed by atoms with E-state index in [0.29, 0.717) is 10.6 Å². The first kappa shape index (κ1) is 15.0. The van der Waals surface area contributed by atoms with Gasteiger partial charge in [-0.2, -0.15) is 0 Å². The summed E-state index contributed by atoms with van der Waals surface area (Å²) < 4.78 is 22.8. The minimum atomic E-state index is -3.18. The van der Waals surface area contributed by atoms with Crippen molar-refractivity contribution in [2.45, 2.75) is 19.3 Å². The molecule has 1 N–H and O–H groups in total. The number of aliphatic carboxylic acids is 1. The normalized spacial score (nSPS) is 13.2. The van der Waals surface area contributed by atoms with Gasteiger partial charge in [-0.3, -0.25) is 4.79 Å². The van der Waals surface area contributed by atoms with Crippen LogP contribution in [0.4, 0.5) is 0 Å². The molecule has 18 heavy (non-hydrogen) atoms. The molecule has 1 rings (SSSR count). The molecule has 6 heteroatoms. The van der Waals surface area contributed by atoms with E-state index in [-0.39, 0.29) is 17.9 Å². The Morgan fingerprint density at radius 2 is 2.00 bits per heavy atom. The van der Waals surface area contributed by atoms with Gasteiger partial charge in [0.05, 0.1) is 11.7 Å². The lowest BCUT2D eigenvalue weighted by Crippen LogP contribution is -2.18. The van der Waals surface area contributed by atoms with E-state index in [4.69, 9.17) is 16.7 Å². The van der Waals surface area contributed by atoms with Crippen molar-refractivity contribution in [3.05, 3.63) is 34.9 Å². The van der Waals surface area contributed by atoms with Crippen molar-refractivity contribution in [1.82, 2.24) is 0 Å². The summed E-state index contributed by atoms with van der Waals surface area (Å²) in [6.07, 6.45) is 0.0369. The molecule has 1 atom stereocenters. The van der Waals surface area contributed by atoms with Gasteiger partial charge in [0.2, 0.25) is 0 Å². The highest BCUT2D eigenvalue weighted by atomic mass is 35.5. The molecule has 0 saturated carbocycles. The van der Waals surface area contributed by atoms with Crippen LogP contribution in [0.5, 0.6) is 0 Å². The number of hydrogen-bond donors (Lipinski definition) is 1. The summed E-state index contributed by atoms with van der Waals surface area (Å²) in [5.41, 5.74) is 0.456. The third-order valence-electron chi connectivity index (χ3n) is 2.74. The van der Waals surface area contributed by atoms with E-state index in [1.807, 2.05) is 0 Å². The Hall–Kier alpha value is -1.07. The molecule has 0 amide bonds. The number of hydrogen-bond acceptors (Lipinski definition) is 3. The monoisotopic (exact) mass is 290 g/mol. The fourth-order valence-corrected chi connectivity index (χ4v) is 2.76. The van der Waals surface area contributed by atoms with Gasteiger partial charge in [0, 0.05) is 10.8 Å². The Balaban J connectivity index is 2.92. The van der Waals surface area contributed by atoms with Crippen LogP contribution in [-0.2, 0) is 14.6 Å². The first-order valence-corrected chi connectivity index (χ1v) is 7.75. The van der Waals surface area contributed by atoms with Crippen LogP contribution in [0.25, 0.3) is 0 Å². The molecule has 0 aliphatic heterocycles.